The van der Waals surface area contributed by atoms with Gasteiger partial charge >= 0.3 is 0 Å². The van der Waals surface area contributed by atoms with E-state index in [9.17, 15) is 4.79 Å². The zero-order valence-corrected chi connectivity index (χ0v) is 10.3. The van der Waals surface area contributed by atoms with E-state index in [-0.39, 0.29) is 30.6 Å². The molecule has 0 unspecified atom stereocenters. The Labute approximate surface area is 100 Å². The van der Waals surface area contributed by atoms with E-state index in [1.807, 2.05) is 20.8 Å². The van der Waals surface area contributed by atoms with E-state index in [2.05, 4.69) is 0 Å². The van der Waals surface area contributed by atoms with Gasteiger partial charge in [0.15, 0.2) is 12.5 Å². The fourth-order valence-electron chi connectivity index (χ4n) is 2.60. The van der Waals surface area contributed by atoms with E-state index in [1.54, 1.807) is 4.90 Å². The average molecular weight is 239 g/mol. The van der Waals surface area contributed by atoms with Gasteiger partial charge in [0.05, 0.1) is 18.7 Å². The Morgan fingerprint density at radius 1 is 1.29 bits per heavy atom. The zero-order chi connectivity index (χ0) is 12.2. The molecule has 5 heteroatoms. The third-order valence-electron chi connectivity index (χ3n) is 3.52. The monoisotopic (exact) mass is 239 g/mol. The molecule has 3 fully saturated rings. The van der Waals surface area contributed by atoms with Crippen molar-refractivity contribution in [3.05, 3.63) is 11.1 Å². The first-order valence-corrected chi connectivity index (χ1v) is 5.99. The zero-order valence-electron chi connectivity index (χ0n) is 10.3. The number of β-lactam (4-membered cyclic amide) rings is 1. The van der Waals surface area contributed by atoms with Gasteiger partial charge in [-0.25, -0.2) is 0 Å². The van der Waals surface area contributed by atoms with Gasteiger partial charge < -0.3 is 19.1 Å². The molecule has 0 radical (unpaired) electrons. The first kappa shape index (κ1) is 11.2. The van der Waals surface area contributed by atoms with Crippen LogP contribution < -0.4 is 0 Å². The van der Waals surface area contributed by atoms with Gasteiger partial charge in [-0.3, -0.25) is 4.79 Å². The quantitative estimate of drug-likeness (QED) is 0.460. The smallest absolute Gasteiger partial charge is 0.256 e. The minimum atomic E-state index is -0.212. The standard InChI is InChI=1S/C12H17NO4/c1-6(2)10-11(14)13-4-8-9(17-12(10)13)5-15-7(3)16-8/h7-9,12H,4-5H2,1-3H3/t7-,8+,9-,12-/m1/s1. The fraction of sp³-hybridized carbons (Fsp3) is 0.750. The molecule has 94 valence electrons. The predicted molar refractivity (Wildman–Crippen MR) is 59.0 cm³/mol. The molecule has 0 aromatic rings. The van der Waals surface area contributed by atoms with Gasteiger partial charge in [-0.1, -0.05) is 5.57 Å². The van der Waals surface area contributed by atoms with Gasteiger partial charge in [0.2, 0.25) is 0 Å². The van der Waals surface area contributed by atoms with Crippen molar-refractivity contribution in [1.82, 2.24) is 4.90 Å². The summed E-state index contributed by atoms with van der Waals surface area (Å²) in [6, 6.07) is 0. The molecule has 0 bridgehead atoms. The lowest BCUT2D eigenvalue weighted by Crippen LogP contribution is -2.68. The number of carbonyl (C=O) groups is 1. The third-order valence-corrected chi connectivity index (χ3v) is 3.52. The largest absolute Gasteiger partial charge is 0.350 e. The summed E-state index contributed by atoms with van der Waals surface area (Å²) in [6.45, 7) is 6.90. The van der Waals surface area contributed by atoms with E-state index in [0.717, 1.165) is 11.1 Å². The number of allylic oxidation sites excluding steroid dienone is 1. The number of hydrogen-bond donors (Lipinski definition) is 0. The summed E-state index contributed by atoms with van der Waals surface area (Å²) in [5.41, 5.74) is 1.82. The molecule has 3 aliphatic heterocycles. The van der Waals surface area contributed by atoms with Crippen LogP contribution in [0.3, 0.4) is 0 Å². The van der Waals surface area contributed by atoms with Crippen molar-refractivity contribution >= 4 is 5.91 Å². The van der Waals surface area contributed by atoms with Crippen LogP contribution in [-0.4, -0.2) is 48.7 Å². The topological polar surface area (TPSA) is 48.0 Å². The molecule has 5 nitrogen and oxygen atoms in total. The number of rotatable bonds is 0. The van der Waals surface area contributed by atoms with Crippen molar-refractivity contribution in [2.45, 2.75) is 45.5 Å². The van der Waals surface area contributed by atoms with Crippen LogP contribution in [0.2, 0.25) is 0 Å². The molecule has 1 amide bonds. The highest BCUT2D eigenvalue weighted by Crippen LogP contribution is 2.36. The van der Waals surface area contributed by atoms with Gasteiger partial charge in [-0.15, -0.1) is 0 Å². The van der Waals surface area contributed by atoms with E-state index in [1.165, 1.54) is 0 Å². The summed E-state index contributed by atoms with van der Waals surface area (Å²) < 4.78 is 16.9. The predicted octanol–water partition coefficient (Wildman–Crippen LogP) is 0.651. The van der Waals surface area contributed by atoms with Crippen molar-refractivity contribution in [1.29, 1.82) is 0 Å². The molecule has 3 aliphatic rings. The second-order valence-corrected chi connectivity index (χ2v) is 4.97. The Morgan fingerprint density at radius 2 is 2.06 bits per heavy atom. The van der Waals surface area contributed by atoms with Crippen molar-refractivity contribution in [2.75, 3.05) is 13.2 Å². The summed E-state index contributed by atoms with van der Waals surface area (Å²) in [4.78, 5) is 13.6. The van der Waals surface area contributed by atoms with Gasteiger partial charge in [0, 0.05) is 0 Å². The molecule has 3 rings (SSSR count). The molecule has 17 heavy (non-hydrogen) atoms. The number of nitrogens with zero attached hydrogens (tertiary/aromatic N) is 1. The van der Waals surface area contributed by atoms with Crippen LogP contribution in [0, 0.1) is 0 Å². The maximum absolute atomic E-state index is 11.9. The van der Waals surface area contributed by atoms with Crippen LogP contribution in [-0.2, 0) is 19.0 Å². The van der Waals surface area contributed by atoms with E-state index in [0.29, 0.717) is 13.2 Å². The molecule has 0 N–H and O–H groups in total. The first-order valence-electron chi connectivity index (χ1n) is 5.99. The molecular formula is C12H17NO4. The van der Waals surface area contributed by atoms with E-state index >= 15 is 0 Å². The average Bonchev–Trinajstić information content (AvgIpc) is 2.27. The van der Waals surface area contributed by atoms with E-state index in [4.69, 9.17) is 14.2 Å². The molecule has 0 aromatic carbocycles. The van der Waals surface area contributed by atoms with Gasteiger partial charge in [-0.05, 0) is 20.8 Å². The number of hydrogen-bond acceptors (Lipinski definition) is 4. The van der Waals surface area contributed by atoms with Crippen LogP contribution in [0.4, 0.5) is 0 Å². The molecule has 0 spiro atoms. The van der Waals surface area contributed by atoms with Gasteiger partial charge in [-0.2, -0.15) is 0 Å². The van der Waals surface area contributed by atoms with Crippen LogP contribution in [0.1, 0.15) is 20.8 Å². The second-order valence-electron chi connectivity index (χ2n) is 4.97. The Bertz CT molecular complexity index is 388. The SMILES string of the molecule is CC(C)=C1C(=O)N2C[C@@H]3O[C@H](C)OC[C@H]3O[C@H]12. The highest BCUT2D eigenvalue weighted by molar-refractivity contribution is 6.02. The maximum atomic E-state index is 11.9. The van der Waals surface area contributed by atoms with Crippen molar-refractivity contribution in [2.24, 2.45) is 0 Å². The highest BCUT2D eigenvalue weighted by Gasteiger charge is 2.52. The van der Waals surface area contributed by atoms with Crippen LogP contribution in [0.15, 0.2) is 11.1 Å². The van der Waals surface area contributed by atoms with Crippen LogP contribution in [0.25, 0.3) is 0 Å². The molecular weight excluding hydrogens is 222 g/mol. The Hall–Kier alpha value is -0.910. The summed E-state index contributed by atoms with van der Waals surface area (Å²) >= 11 is 0. The minimum absolute atomic E-state index is 0.0577. The third kappa shape index (κ3) is 1.61. The van der Waals surface area contributed by atoms with Crippen molar-refractivity contribution < 1.29 is 19.0 Å². The lowest BCUT2D eigenvalue weighted by molar-refractivity contribution is -0.299. The first-order chi connectivity index (χ1) is 8.08. The second kappa shape index (κ2) is 3.80. The number of carbonyl (C=O) groups excluding carboxylic acids is 1. The summed E-state index contributed by atoms with van der Waals surface area (Å²) in [5.74, 6) is 0.0798. The molecule has 0 aromatic heterocycles. The van der Waals surface area contributed by atoms with Gasteiger partial charge in [0.25, 0.3) is 5.91 Å². The summed E-state index contributed by atoms with van der Waals surface area (Å²) in [7, 11) is 0. The normalized spacial score (nSPS) is 40.5. The fourth-order valence-corrected chi connectivity index (χ4v) is 2.60. The molecule has 3 saturated heterocycles. The highest BCUT2D eigenvalue weighted by atomic mass is 16.7. The van der Waals surface area contributed by atoms with Crippen LogP contribution >= 0.6 is 0 Å². The lowest BCUT2D eigenvalue weighted by Gasteiger charge is -2.52. The van der Waals surface area contributed by atoms with Crippen molar-refractivity contribution in [3.8, 4) is 0 Å². The number of fused-ring (bicyclic) bond motifs is 2. The van der Waals surface area contributed by atoms with Crippen molar-refractivity contribution in [3.63, 3.8) is 0 Å². The number of amides is 1. The Kier molecular flexibility index (Phi) is 2.50. The minimum Gasteiger partial charge on any atom is -0.350 e. The molecule has 3 heterocycles. The summed E-state index contributed by atoms with van der Waals surface area (Å²) in [5, 5.41) is 0. The Morgan fingerprint density at radius 3 is 2.76 bits per heavy atom. The number of ether oxygens (including phenoxy) is 3. The van der Waals surface area contributed by atoms with Gasteiger partial charge in [0.1, 0.15) is 12.2 Å². The lowest BCUT2D eigenvalue weighted by atomic mass is 9.94. The molecule has 0 saturated carbocycles. The molecule has 0 aliphatic carbocycles. The summed E-state index contributed by atoms with van der Waals surface area (Å²) in [6.07, 6.45) is -0.516. The van der Waals surface area contributed by atoms with Crippen LogP contribution in [0.5, 0.6) is 0 Å². The Balaban J connectivity index is 1.78. The molecule has 4 atom stereocenters. The van der Waals surface area contributed by atoms with E-state index < -0.39 is 0 Å². The maximum Gasteiger partial charge on any atom is 0.256 e.